The van der Waals surface area contributed by atoms with E-state index in [0.717, 1.165) is 38.3 Å². The van der Waals surface area contributed by atoms with Gasteiger partial charge < -0.3 is 24.9 Å². The van der Waals surface area contributed by atoms with Crippen molar-refractivity contribution in [2.24, 2.45) is 0 Å². The first-order valence-electron chi connectivity index (χ1n) is 10.9. The quantitative estimate of drug-likeness (QED) is 0.249. The number of aldehydes is 1. The molecule has 172 valence electrons. The highest BCUT2D eigenvalue weighted by atomic mass is 16.5. The molecule has 1 fully saturated rings. The lowest BCUT2D eigenvalue weighted by atomic mass is 10.0. The van der Waals surface area contributed by atoms with E-state index in [2.05, 4.69) is 26.7 Å². The zero-order valence-electron chi connectivity index (χ0n) is 19.0. The van der Waals surface area contributed by atoms with E-state index in [1.165, 1.54) is 6.33 Å². The molecule has 9 heteroatoms. The molecule has 9 nitrogen and oxygen atoms in total. The lowest BCUT2D eigenvalue weighted by molar-refractivity contribution is -0.112. The number of nitrogens with two attached hydrogens (primary N) is 1. The molecule has 0 aliphatic carbocycles. The highest BCUT2D eigenvalue weighted by Gasteiger charge is 2.25. The van der Waals surface area contributed by atoms with Gasteiger partial charge in [-0.05, 0) is 39.0 Å². The molecule has 0 amide bonds. The number of nitrogens with one attached hydrogen (secondary N) is 1. The van der Waals surface area contributed by atoms with E-state index in [9.17, 15) is 4.79 Å². The van der Waals surface area contributed by atoms with Crippen molar-refractivity contribution in [2.45, 2.75) is 32.9 Å². The number of piperazine rings is 1. The fourth-order valence-corrected chi connectivity index (χ4v) is 3.74. The summed E-state index contributed by atoms with van der Waals surface area (Å²) in [6, 6.07) is 7.49. The second kappa shape index (κ2) is 11.0. The third kappa shape index (κ3) is 6.02. The molecule has 3 rings (SSSR count). The fourth-order valence-electron chi connectivity index (χ4n) is 3.74. The number of hydrogen-bond acceptors (Lipinski definition) is 9. The van der Waals surface area contributed by atoms with Crippen molar-refractivity contribution in [3.8, 4) is 5.75 Å². The van der Waals surface area contributed by atoms with Gasteiger partial charge in [-0.25, -0.2) is 9.97 Å². The first-order chi connectivity index (χ1) is 15.4. The number of anilines is 2. The Bertz CT molecular complexity index is 936. The predicted octanol–water partition coefficient (Wildman–Crippen LogP) is 1.99. The van der Waals surface area contributed by atoms with E-state index in [1.54, 1.807) is 12.1 Å². The molecule has 1 aromatic carbocycles. The number of aromatic nitrogens is 2. The average molecular weight is 441 g/mol. The van der Waals surface area contributed by atoms with Gasteiger partial charge in [0.15, 0.2) is 0 Å². The van der Waals surface area contributed by atoms with Crippen LogP contribution in [0.5, 0.6) is 5.75 Å². The fraction of sp³-hybridized carbons (Fsp3) is 0.478. The van der Waals surface area contributed by atoms with Crippen molar-refractivity contribution in [1.82, 2.24) is 14.9 Å². The van der Waals surface area contributed by atoms with Gasteiger partial charge in [0, 0.05) is 49.5 Å². The van der Waals surface area contributed by atoms with Crippen molar-refractivity contribution in [1.29, 1.82) is 5.41 Å². The van der Waals surface area contributed by atoms with Crippen molar-refractivity contribution in [3.63, 3.8) is 0 Å². The maximum Gasteiger partial charge on any atom is 0.145 e. The summed E-state index contributed by atoms with van der Waals surface area (Å²) in [5, 5.41) is 8.69. The van der Waals surface area contributed by atoms with E-state index >= 15 is 0 Å². The number of benzene rings is 1. The standard InChI is InChI=1S/C23H32N6O3/c1-16(2)32-18-4-5-20(24)19(12-18)23(25)21-13-22(27-15-26-21)29-7-6-28(17(3)14-29)8-10-31-11-9-30/h4-5,9,12-13,15-17,25H,6-8,10-11,14,24H2,1-3H3/t17-/m0/s1. The van der Waals surface area contributed by atoms with Crippen LogP contribution in [0.2, 0.25) is 0 Å². The van der Waals surface area contributed by atoms with Crippen LogP contribution in [0.4, 0.5) is 11.5 Å². The maximum atomic E-state index is 10.4. The number of nitrogen functional groups attached to an aromatic ring is 1. The summed E-state index contributed by atoms with van der Waals surface area (Å²) in [4.78, 5) is 23.7. The van der Waals surface area contributed by atoms with E-state index in [4.69, 9.17) is 20.6 Å². The topological polar surface area (TPSA) is 118 Å². The molecular weight excluding hydrogens is 408 g/mol. The van der Waals surface area contributed by atoms with Crippen LogP contribution in [0.1, 0.15) is 32.0 Å². The number of ether oxygens (including phenoxy) is 2. The molecule has 2 aromatic rings. The lowest BCUT2D eigenvalue weighted by Gasteiger charge is -2.40. The summed E-state index contributed by atoms with van der Waals surface area (Å²) in [5.74, 6) is 1.46. The maximum absolute atomic E-state index is 10.4. The molecule has 1 saturated heterocycles. The molecule has 32 heavy (non-hydrogen) atoms. The van der Waals surface area contributed by atoms with Crippen molar-refractivity contribution >= 4 is 23.5 Å². The van der Waals surface area contributed by atoms with Gasteiger partial charge in [0.1, 0.15) is 30.8 Å². The monoisotopic (exact) mass is 440 g/mol. The first-order valence-corrected chi connectivity index (χ1v) is 10.9. The van der Waals surface area contributed by atoms with Crippen LogP contribution in [0, 0.1) is 5.41 Å². The Morgan fingerprint density at radius 1 is 1.31 bits per heavy atom. The molecule has 1 aliphatic heterocycles. The van der Waals surface area contributed by atoms with Crippen LogP contribution in [0.15, 0.2) is 30.6 Å². The molecule has 0 saturated carbocycles. The van der Waals surface area contributed by atoms with Gasteiger partial charge in [-0.3, -0.25) is 10.3 Å². The molecule has 1 atom stereocenters. The molecule has 1 aliphatic rings. The summed E-state index contributed by atoms with van der Waals surface area (Å²) in [5.41, 5.74) is 7.99. The Hall–Kier alpha value is -3.04. The summed E-state index contributed by atoms with van der Waals surface area (Å²) >= 11 is 0. The van der Waals surface area contributed by atoms with Gasteiger partial charge in [0.25, 0.3) is 0 Å². The smallest absolute Gasteiger partial charge is 0.145 e. The second-order valence-electron chi connectivity index (χ2n) is 8.12. The van der Waals surface area contributed by atoms with Crippen molar-refractivity contribution in [2.75, 3.05) is 50.0 Å². The summed E-state index contributed by atoms with van der Waals surface area (Å²) in [7, 11) is 0. The third-order valence-corrected chi connectivity index (χ3v) is 5.37. The molecule has 0 spiro atoms. The van der Waals surface area contributed by atoms with Crippen LogP contribution in [-0.4, -0.2) is 78.4 Å². The Morgan fingerprint density at radius 3 is 2.84 bits per heavy atom. The Balaban J connectivity index is 1.70. The molecule has 3 N–H and O–H groups in total. The van der Waals surface area contributed by atoms with Crippen LogP contribution in [-0.2, 0) is 9.53 Å². The number of nitrogens with zero attached hydrogens (tertiary/aromatic N) is 4. The van der Waals surface area contributed by atoms with Gasteiger partial charge in [0.2, 0.25) is 0 Å². The van der Waals surface area contributed by atoms with E-state index in [-0.39, 0.29) is 18.4 Å². The minimum atomic E-state index is 0.0311. The number of hydrogen-bond donors (Lipinski definition) is 2. The highest BCUT2D eigenvalue weighted by molar-refractivity contribution is 6.13. The van der Waals surface area contributed by atoms with Crippen LogP contribution in [0.25, 0.3) is 0 Å². The molecule has 0 radical (unpaired) electrons. The van der Waals surface area contributed by atoms with Gasteiger partial charge in [-0.1, -0.05) is 0 Å². The SMILES string of the molecule is CC(C)Oc1ccc(N)c(C(=N)c2cc(N3CCN(CCOCC=O)[C@@H](C)C3)ncn2)c1. The van der Waals surface area contributed by atoms with Gasteiger partial charge in [-0.2, -0.15) is 0 Å². The van der Waals surface area contributed by atoms with Crippen LogP contribution >= 0.6 is 0 Å². The first kappa shape index (κ1) is 23.6. The molecule has 0 unspecified atom stereocenters. The van der Waals surface area contributed by atoms with Crippen LogP contribution in [0.3, 0.4) is 0 Å². The van der Waals surface area contributed by atoms with Crippen LogP contribution < -0.4 is 15.4 Å². The minimum Gasteiger partial charge on any atom is -0.491 e. The van der Waals surface area contributed by atoms with Gasteiger partial charge >= 0.3 is 0 Å². The number of carbonyl (C=O) groups is 1. The van der Waals surface area contributed by atoms with Gasteiger partial charge in [-0.15, -0.1) is 0 Å². The predicted molar refractivity (Wildman–Crippen MR) is 125 cm³/mol. The summed E-state index contributed by atoms with van der Waals surface area (Å²) in [6.07, 6.45) is 2.30. The van der Waals surface area contributed by atoms with Gasteiger partial charge in [0.05, 0.1) is 24.1 Å². The number of rotatable bonds is 10. The molecular formula is C23H32N6O3. The third-order valence-electron chi connectivity index (χ3n) is 5.37. The lowest BCUT2D eigenvalue weighted by Crippen LogP contribution is -2.53. The number of carbonyl (C=O) groups excluding carboxylic acids is 1. The Morgan fingerprint density at radius 2 is 2.12 bits per heavy atom. The normalized spacial score (nSPS) is 16.9. The molecule has 2 heterocycles. The average Bonchev–Trinajstić information content (AvgIpc) is 2.78. The zero-order valence-corrected chi connectivity index (χ0v) is 19.0. The van der Waals surface area contributed by atoms with Crippen molar-refractivity contribution < 1.29 is 14.3 Å². The van der Waals surface area contributed by atoms with E-state index in [0.29, 0.717) is 35.3 Å². The van der Waals surface area contributed by atoms with E-state index in [1.807, 2.05) is 26.0 Å². The molecule has 1 aromatic heterocycles. The van der Waals surface area contributed by atoms with E-state index < -0.39 is 0 Å². The summed E-state index contributed by atoms with van der Waals surface area (Å²) in [6.45, 7) is 10.0. The minimum absolute atomic E-state index is 0.0311. The molecule has 0 bridgehead atoms. The second-order valence-corrected chi connectivity index (χ2v) is 8.12. The largest absolute Gasteiger partial charge is 0.491 e. The Kier molecular flexibility index (Phi) is 8.13. The Labute approximate surface area is 189 Å². The van der Waals surface area contributed by atoms with Crippen molar-refractivity contribution in [3.05, 3.63) is 41.9 Å². The highest BCUT2D eigenvalue weighted by Crippen LogP contribution is 2.24. The zero-order chi connectivity index (χ0) is 23.1. The summed E-state index contributed by atoms with van der Waals surface area (Å²) < 4.78 is 11.0.